The van der Waals surface area contributed by atoms with Gasteiger partial charge < -0.3 is 4.98 Å². The fourth-order valence-electron chi connectivity index (χ4n) is 3.22. The van der Waals surface area contributed by atoms with E-state index in [4.69, 9.17) is 0 Å². The lowest BCUT2D eigenvalue weighted by molar-refractivity contribution is -0.137. The molecule has 0 aliphatic rings. The molecule has 4 aromatic rings. The molecule has 0 amide bonds. The van der Waals surface area contributed by atoms with Crippen LogP contribution >= 0.6 is 0 Å². The normalized spacial score (nSPS) is 11.8. The molecule has 0 radical (unpaired) electrons. The molecule has 3 nitrogen and oxygen atoms in total. The molecule has 0 saturated carbocycles. The molecule has 0 fully saturated rings. The fraction of sp³-hybridized carbons (Fsp3) is 0.0909. The summed E-state index contributed by atoms with van der Waals surface area (Å²) in [6, 6.07) is 13.8. The summed E-state index contributed by atoms with van der Waals surface area (Å²) >= 11 is 0. The zero-order valence-corrected chi connectivity index (χ0v) is 15.1. The minimum absolute atomic E-state index is 0.0134. The van der Waals surface area contributed by atoms with Gasteiger partial charge in [0.15, 0.2) is 0 Å². The van der Waals surface area contributed by atoms with Crippen LogP contribution in [0.4, 0.5) is 17.6 Å². The van der Waals surface area contributed by atoms with Gasteiger partial charge in [0.1, 0.15) is 11.6 Å². The number of para-hydroxylation sites is 1. The van der Waals surface area contributed by atoms with E-state index in [1.807, 2.05) is 0 Å². The van der Waals surface area contributed by atoms with Crippen molar-refractivity contribution in [3.8, 4) is 22.5 Å². The predicted octanol–water partition coefficient (Wildman–Crippen LogP) is 5.72. The molecule has 4 rings (SSSR count). The molecule has 7 heteroatoms. The van der Waals surface area contributed by atoms with E-state index < -0.39 is 23.1 Å². The van der Waals surface area contributed by atoms with Gasteiger partial charge in [-0.05, 0) is 48.4 Å². The largest absolute Gasteiger partial charge is 0.416 e. The van der Waals surface area contributed by atoms with E-state index in [0.29, 0.717) is 10.9 Å². The van der Waals surface area contributed by atoms with Crippen molar-refractivity contribution in [1.82, 2.24) is 9.97 Å². The van der Waals surface area contributed by atoms with Crippen molar-refractivity contribution in [2.45, 2.75) is 13.1 Å². The average molecular weight is 398 g/mol. The molecule has 0 saturated heterocycles. The van der Waals surface area contributed by atoms with Gasteiger partial charge >= 0.3 is 6.18 Å². The Morgan fingerprint density at radius 2 is 1.66 bits per heavy atom. The third kappa shape index (κ3) is 3.51. The summed E-state index contributed by atoms with van der Waals surface area (Å²) in [5.74, 6) is -0.658. The summed E-state index contributed by atoms with van der Waals surface area (Å²) in [4.78, 5) is 19.3. The summed E-state index contributed by atoms with van der Waals surface area (Å²) in [5, 5.41) is 0.343. The maximum atomic E-state index is 14.2. The van der Waals surface area contributed by atoms with E-state index in [1.165, 1.54) is 30.3 Å². The molecule has 29 heavy (non-hydrogen) atoms. The molecule has 1 heterocycles. The molecule has 1 N–H and O–H groups in total. The summed E-state index contributed by atoms with van der Waals surface area (Å²) < 4.78 is 54.7. The molecule has 0 bridgehead atoms. The van der Waals surface area contributed by atoms with Crippen LogP contribution in [0.15, 0.2) is 65.5 Å². The Morgan fingerprint density at radius 1 is 0.931 bits per heavy atom. The number of fused-ring (bicyclic) bond motifs is 1. The summed E-state index contributed by atoms with van der Waals surface area (Å²) in [5.41, 5.74) is -0.188. The minimum Gasteiger partial charge on any atom is -0.306 e. The predicted molar refractivity (Wildman–Crippen MR) is 103 cm³/mol. The molecule has 146 valence electrons. The molecular weight excluding hydrogens is 384 g/mol. The number of aromatic nitrogens is 2. The van der Waals surface area contributed by atoms with Gasteiger partial charge in [0.25, 0.3) is 5.56 Å². The number of alkyl halides is 3. The van der Waals surface area contributed by atoms with Crippen LogP contribution in [0.25, 0.3) is 33.4 Å². The van der Waals surface area contributed by atoms with Crippen molar-refractivity contribution in [2.24, 2.45) is 0 Å². The highest BCUT2D eigenvalue weighted by atomic mass is 19.4. The Hall–Kier alpha value is -3.48. The number of nitrogens with zero attached hydrogens (tertiary/aromatic N) is 1. The van der Waals surface area contributed by atoms with Gasteiger partial charge in [0.2, 0.25) is 0 Å². The van der Waals surface area contributed by atoms with Crippen LogP contribution in [0, 0.1) is 12.7 Å². The summed E-state index contributed by atoms with van der Waals surface area (Å²) in [7, 11) is 0. The highest BCUT2D eigenvalue weighted by Gasteiger charge is 2.32. The zero-order valence-electron chi connectivity index (χ0n) is 15.1. The number of rotatable bonds is 2. The lowest BCUT2D eigenvalue weighted by Gasteiger charge is -2.13. The van der Waals surface area contributed by atoms with Crippen molar-refractivity contribution >= 4 is 10.9 Å². The highest BCUT2D eigenvalue weighted by Crippen LogP contribution is 2.36. The average Bonchev–Trinajstić information content (AvgIpc) is 2.68. The van der Waals surface area contributed by atoms with Gasteiger partial charge in [-0.3, -0.25) is 4.79 Å². The van der Waals surface area contributed by atoms with Gasteiger partial charge in [-0.2, -0.15) is 13.2 Å². The number of hydrogen-bond acceptors (Lipinski definition) is 2. The lowest BCUT2D eigenvalue weighted by Crippen LogP contribution is -2.11. The number of aryl methyl sites for hydroxylation is 1. The first-order valence-corrected chi connectivity index (χ1v) is 8.71. The first kappa shape index (κ1) is 18.9. The van der Waals surface area contributed by atoms with E-state index >= 15 is 0 Å². The number of halogens is 4. The standard InChI is InChI=1S/C22H14F4N2O/c1-12-5-4-7-17-19(12)27-20(28-21(17)29)14-9-13(10-15(11-14)22(24,25)26)16-6-2-3-8-18(16)23/h2-11H,1H3,(H,27,28,29). The topological polar surface area (TPSA) is 45.8 Å². The molecular formula is C22H14F4N2O. The van der Waals surface area contributed by atoms with Crippen LogP contribution in [0.3, 0.4) is 0 Å². The van der Waals surface area contributed by atoms with Crippen LogP contribution in [0.1, 0.15) is 11.1 Å². The minimum atomic E-state index is -4.65. The number of nitrogens with one attached hydrogen (secondary N) is 1. The molecule has 0 spiro atoms. The second-order valence-corrected chi connectivity index (χ2v) is 6.66. The van der Waals surface area contributed by atoms with Crippen molar-refractivity contribution in [2.75, 3.05) is 0 Å². The SMILES string of the molecule is Cc1cccc2c(=O)[nH]c(-c3cc(-c4ccccc4F)cc(C(F)(F)F)c3)nc12. The molecule has 0 unspecified atom stereocenters. The number of hydrogen-bond donors (Lipinski definition) is 1. The Labute approximate surface area is 162 Å². The monoisotopic (exact) mass is 398 g/mol. The van der Waals surface area contributed by atoms with Crippen molar-refractivity contribution in [3.05, 3.63) is 88.0 Å². The second kappa shape index (κ2) is 6.84. The second-order valence-electron chi connectivity index (χ2n) is 6.66. The van der Waals surface area contributed by atoms with Gasteiger partial charge in [0.05, 0.1) is 16.5 Å². The number of aromatic amines is 1. The highest BCUT2D eigenvalue weighted by molar-refractivity contribution is 5.83. The third-order valence-electron chi connectivity index (χ3n) is 4.66. The zero-order chi connectivity index (χ0) is 20.8. The number of H-pyrrole nitrogens is 1. The van der Waals surface area contributed by atoms with Gasteiger partial charge in [0, 0.05) is 11.1 Å². The molecule has 0 aliphatic carbocycles. The van der Waals surface area contributed by atoms with Crippen LogP contribution in [0.2, 0.25) is 0 Å². The van der Waals surface area contributed by atoms with E-state index in [2.05, 4.69) is 9.97 Å². The van der Waals surface area contributed by atoms with Crippen molar-refractivity contribution < 1.29 is 17.6 Å². The summed E-state index contributed by atoms with van der Waals surface area (Å²) in [6.45, 7) is 1.76. The smallest absolute Gasteiger partial charge is 0.306 e. The van der Waals surface area contributed by atoms with E-state index in [9.17, 15) is 22.4 Å². The molecule has 0 atom stereocenters. The fourth-order valence-corrected chi connectivity index (χ4v) is 3.22. The molecule has 0 aliphatic heterocycles. The van der Waals surface area contributed by atoms with E-state index in [-0.39, 0.29) is 22.5 Å². The first-order valence-electron chi connectivity index (χ1n) is 8.71. The Kier molecular flexibility index (Phi) is 4.45. The van der Waals surface area contributed by atoms with Gasteiger partial charge in [-0.1, -0.05) is 30.3 Å². The maximum absolute atomic E-state index is 14.2. The van der Waals surface area contributed by atoms with Crippen LogP contribution in [0.5, 0.6) is 0 Å². The number of benzene rings is 3. The maximum Gasteiger partial charge on any atom is 0.416 e. The van der Waals surface area contributed by atoms with Crippen LogP contribution in [-0.2, 0) is 6.18 Å². The van der Waals surface area contributed by atoms with Crippen LogP contribution in [-0.4, -0.2) is 9.97 Å². The summed E-state index contributed by atoms with van der Waals surface area (Å²) in [6.07, 6.45) is -4.65. The van der Waals surface area contributed by atoms with Gasteiger partial charge in [-0.15, -0.1) is 0 Å². The van der Waals surface area contributed by atoms with Crippen LogP contribution < -0.4 is 5.56 Å². The lowest BCUT2D eigenvalue weighted by atomic mass is 9.98. The van der Waals surface area contributed by atoms with E-state index in [1.54, 1.807) is 25.1 Å². The molecule has 3 aromatic carbocycles. The Balaban J connectivity index is 2.00. The third-order valence-corrected chi connectivity index (χ3v) is 4.66. The van der Waals surface area contributed by atoms with Crippen molar-refractivity contribution in [3.63, 3.8) is 0 Å². The first-order chi connectivity index (χ1) is 13.7. The quantitative estimate of drug-likeness (QED) is 0.439. The Bertz CT molecular complexity index is 1290. The van der Waals surface area contributed by atoms with E-state index in [0.717, 1.165) is 17.7 Å². The van der Waals surface area contributed by atoms with Gasteiger partial charge in [-0.25, -0.2) is 9.37 Å². The molecule has 1 aromatic heterocycles. The van der Waals surface area contributed by atoms with Crippen molar-refractivity contribution in [1.29, 1.82) is 0 Å². The Morgan fingerprint density at radius 3 is 2.38 bits per heavy atom.